The highest BCUT2D eigenvalue weighted by atomic mass is 16.6. The van der Waals surface area contributed by atoms with Gasteiger partial charge in [-0.15, -0.1) is 0 Å². The van der Waals surface area contributed by atoms with Gasteiger partial charge in [0.15, 0.2) is 17.3 Å². The first-order valence-corrected chi connectivity index (χ1v) is 10.2. The summed E-state index contributed by atoms with van der Waals surface area (Å²) >= 11 is 0. The number of fused-ring (bicyclic) bond motifs is 1. The van der Waals surface area contributed by atoms with E-state index in [1.165, 1.54) is 5.56 Å². The van der Waals surface area contributed by atoms with E-state index in [4.69, 9.17) is 9.47 Å². The highest BCUT2D eigenvalue weighted by molar-refractivity contribution is 6.07. The fourth-order valence-electron chi connectivity index (χ4n) is 3.45. The zero-order valence-electron chi connectivity index (χ0n) is 17.1. The number of ether oxygens (including phenoxy) is 2. The standard InChI is InChI=1S/C26H25NO3/c1-2-27(19-21-6-4-3-5-7-21)23-12-8-20(9-13-23)10-14-24(28)22-11-15-25-26(18-22)30-17-16-29-25/h3-15,18H,2,16-17,19H2,1H3/b14-10+. The Morgan fingerprint density at radius 1 is 0.933 bits per heavy atom. The van der Waals surface area contributed by atoms with Crippen molar-refractivity contribution >= 4 is 17.5 Å². The Morgan fingerprint density at radius 2 is 1.67 bits per heavy atom. The second kappa shape index (κ2) is 9.31. The molecule has 0 radical (unpaired) electrons. The van der Waals surface area contributed by atoms with Gasteiger partial charge in [0.2, 0.25) is 0 Å². The van der Waals surface area contributed by atoms with Gasteiger partial charge in [-0.1, -0.05) is 48.5 Å². The first-order valence-electron chi connectivity index (χ1n) is 10.2. The number of allylic oxidation sites excluding steroid dienone is 1. The van der Waals surface area contributed by atoms with Crippen LogP contribution in [0.5, 0.6) is 11.5 Å². The van der Waals surface area contributed by atoms with Crippen LogP contribution in [0.2, 0.25) is 0 Å². The van der Waals surface area contributed by atoms with E-state index in [-0.39, 0.29) is 5.78 Å². The number of carbonyl (C=O) groups is 1. The van der Waals surface area contributed by atoms with Crippen molar-refractivity contribution in [2.45, 2.75) is 13.5 Å². The molecule has 3 aromatic rings. The van der Waals surface area contributed by atoms with Gasteiger partial charge in [0.1, 0.15) is 13.2 Å². The number of hydrogen-bond acceptors (Lipinski definition) is 4. The summed E-state index contributed by atoms with van der Waals surface area (Å²) in [6.45, 7) is 4.99. The van der Waals surface area contributed by atoms with E-state index in [0.29, 0.717) is 30.3 Å². The van der Waals surface area contributed by atoms with Crippen LogP contribution < -0.4 is 14.4 Å². The van der Waals surface area contributed by atoms with Crippen LogP contribution in [-0.2, 0) is 6.54 Å². The largest absolute Gasteiger partial charge is 0.486 e. The van der Waals surface area contributed by atoms with Crippen LogP contribution in [-0.4, -0.2) is 25.5 Å². The van der Waals surface area contributed by atoms with E-state index >= 15 is 0 Å². The van der Waals surface area contributed by atoms with Gasteiger partial charge in [-0.3, -0.25) is 4.79 Å². The average molecular weight is 399 g/mol. The van der Waals surface area contributed by atoms with Crippen LogP contribution in [0.4, 0.5) is 5.69 Å². The second-order valence-corrected chi connectivity index (χ2v) is 7.15. The van der Waals surface area contributed by atoms with Crippen molar-refractivity contribution in [1.29, 1.82) is 0 Å². The molecule has 0 spiro atoms. The summed E-state index contributed by atoms with van der Waals surface area (Å²) < 4.78 is 11.1. The Morgan fingerprint density at radius 3 is 2.40 bits per heavy atom. The topological polar surface area (TPSA) is 38.8 Å². The van der Waals surface area contributed by atoms with Crippen molar-refractivity contribution in [2.24, 2.45) is 0 Å². The molecule has 1 aliphatic rings. The van der Waals surface area contributed by atoms with Gasteiger partial charge in [-0.2, -0.15) is 0 Å². The predicted molar refractivity (Wildman–Crippen MR) is 120 cm³/mol. The molecule has 0 aliphatic carbocycles. The molecule has 30 heavy (non-hydrogen) atoms. The van der Waals surface area contributed by atoms with Crippen molar-refractivity contribution in [3.05, 3.63) is 95.6 Å². The highest BCUT2D eigenvalue weighted by Gasteiger charge is 2.13. The summed E-state index contributed by atoms with van der Waals surface area (Å²) in [4.78, 5) is 14.9. The average Bonchev–Trinajstić information content (AvgIpc) is 2.81. The number of hydrogen-bond donors (Lipinski definition) is 0. The number of benzene rings is 3. The smallest absolute Gasteiger partial charge is 0.185 e. The molecule has 0 fully saturated rings. The number of carbonyl (C=O) groups excluding carboxylic acids is 1. The van der Waals surface area contributed by atoms with E-state index in [1.54, 1.807) is 24.3 Å². The van der Waals surface area contributed by atoms with Crippen LogP contribution in [0.1, 0.15) is 28.4 Å². The normalized spacial score (nSPS) is 12.7. The molecule has 4 nitrogen and oxygen atoms in total. The molecule has 4 heteroatoms. The fraction of sp³-hybridized carbons (Fsp3) is 0.192. The molecule has 3 aromatic carbocycles. The molecule has 0 saturated carbocycles. The lowest BCUT2D eigenvalue weighted by atomic mass is 10.1. The third-order valence-corrected chi connectivity index (χ3v) is 5.11. The number of anilines is 1. The monoisotopic (exact) mass is 399 g/mol. The predicted octanol–water partition coefficient (Wildman–Crippen LogP) is 5.38. The van der Waals surface area contributed by atoms with E-state index < -0.39 is 0 Å². The van der Waals surface area contributed by atoms with Crippen LogP contribution in [0.15, 0.2) is 78.9 Å². The minimum absolute atomic E-state index is 0.0599. The maximum absolute atomic E-state index is 12.5. The van der Waals surface area contributed by atoms with Crippen molar-refractivity contribution < 1.29 is 14.3 Å². The first kappa shape index (κ1) is 19.8. The highest BCUT2D eigenvalue weighted by Crippen LogP contribution is 2.31. The Hall–Kier alpha value is -3.53. The van der Waals surface area contributed by atoms with E-state index in [2.05, 4.69) is 48.2 Å². The third-order valence-electron chi connectivity index (χ3n) is 5.11. The first-order chi connectivity index (χ1) is 14.7. The molecule has 152 valence electrons. The molecule has 4 rings (SSSR count). The quantitative estimate of drug-likeness (QED) is 0.395. The number of ketones is 1. The Balaban J connectivity index is 1.42. The van der Waals surface area contributed by atoms with E-state index in [9.17, 15) is 4.79 Å². The summed E-state index contributed by atoms with van der Waals surface area (Å²) in [7, 11) is 0. The van der Waals surface area contributed by atoms with E-state index in [0.717, 1.165) is 24.3 Å². The summed E-state index contributed by atoms with van der Waals surface area (Å²) in [6.07, 6.45) is 3.44. The van der Waals surface area contributed by atoms with Crippen LogP contribution in [0.25, 0.3) is 6.08 Å². The van der Waals surface area contributed by atoms with Gasteiger partial charge in [-0.25, -0.2) is 0 Å². The van der Waals surface area contributed by atoms with Crippen LogP contribution in [0, 0.1) is 0 Å². The summed E-state index contributed by atoms with van der Waals surface area (Å²) in [5.41, 5.74) is 4.03. The Bertz CT molecular complexity index is 1030. The number of nitrogens with zero attached hydrogens (tertiary/aromatic N) is 1. The van der Waals surface area contributed by atoms with Crippen LogP contribution >= 0.6 is 0 Å². The maximum Gasteiger partial charge on any atom is 0.185 e. The van der Waals surface area contributed by atoms with Crippen molar-refractivity contribution in [1.82, 2.24) is 0 Å². The number of rotatable bonds is 7. The second-order valence-electron chi connectivity index (χ2n) is 7.15. The fourth-order valence-corrected chi connectivity index (χ4v) is 3.45. The molecule has 1 heterocycles. The molecule has 1 aliphatic heterocycles. The summed E-state index contributed by atoms with van der Waals surface area (Å²) in [5, 5.41) is 0. The minimum Gasteiger partial charge on any atom is -0.486 e. The Labute approximate surface area is 177 Å². The van der Waals surface area contributed by atoms with Gasteiger partial charge < -0.3 is 14.4 Å². The third kappa shape index (κ3) is 4.71. The van der Waals surface area contributed by atoms with Crippen molar-refractivity contribution in [2.75, 3.05) is 24.7 Å². The van der Waals surface area contributed by atoms with Gasteiger partial charge in [0, 0.05) is 24.3 Å². The molecule has 0 amide bonds. The SMILES string of the molecule is CCN(Cc1ccccc1)c1ccc(/C=C/C(=O)c2ccc3c(c2)OCCO3)cc1. The molecule has 0 atom stereocenters. The zero-order chi connectivity index (χ0) is 20.8. The van der Waals surface area contributed by atoms with Crippen LogP contribution in [0.3, 0.4) is 0 Å². The molecular formula is C26H25NO3. The maximum atomic E-state index is 12.5. The Kier molecular flexibility index (Phi) is 6.14. The summed E-state index contributed by atoms with van der Waals surface area (Å²) in [6, 6.07) is 24.0. The molecule has 0 aromatic heterocycles. The van der Waals surface area contributed by atoms with Crippen molar-refractivity contribution in [3.63, 3.8) is 0 Å². The van der Waals surface area contributed by atoms with E-state index in [1.807, 2.05) is 24.3 Å². The van der Waals surface area contributed by atoms with Crippen molar-refractivity contribution in [3.8, 4) is 11.5 Å². The molecule has 0 bridgehead atoms. The molecule has 0 N–H and O–H groups in total. The molecule has 0 saturated heterocycles. The lowest BCUT2D eigenvalue weighted by Gasteiger charge is -2.23. The lowest BCUT2D eigenvalue weighted by Crippen LogP contribution is -2.21. The van der Waals surface area contributed by atoms with Gasteiger partial charge >= 0.3 is 0 Å². The summed E-state index contributed by atoms with van der Waals surface area (Å²) in [5.74, 6) is 1.26. The molecule has 0 unspecified atom stereocenters. The lowest BCUT2D eigenvalue weighted by molar-refractivity contribution is 0.104. The minimum atomic E-state index is -0.0599. The van der Waals surface area contributed by atoms with Gasteiger partial charge in [0.05, 0.1) is 0 Å². The molecular weight excluding hydrogens is 374 g/mol. The van der Waals surface area contributed by atoms with Gasteiger partial charge in [0.25, 0.3) is 0 Å². The zero-order valence-corrected chi connectivity index (χ0v) is 17.1. The van der Waals surface area contributed by atoms with Gasteiger partial charge in [-0.05, 0) is 54.5 Å².